The normalized spacial score (nSPS) is 10.7. The summed E-state index contributed by atoms with van der Waals surface area (Å²) in [5.74, 6) is 0.698. The lowest BCUT2D eigenvalue weighted by Crippen LogP contribution is -2.16. The number of benzene rings is 1. The first-order valence-electron chi connectivity index (χ1n) is 6.12. The van der Waals surface area contributed by atoms with Crippen molar-refractivity contribution in [3.8, 4) is 0 Å². The third-order valence-corrected chi connectivity index (χ3v) is 4.37. The molecule has 100 valence electrons. The molecule has 1 aromatic carbocycles. The summed E-state index contributed by atoms with van der Waals surface area (Å²) in [5, 5.41) is 0. The van der Waals surface area contributed by atoms with E-state index in [1.165, 1.54) is 0 Å². The molecule has 1 heterocycles. The third kappa shape index (κ3) is 3.54. The van der Waals surface area contributed by atoms with Crippen LogP contribution in [0.5, 0.6) is 0 Å². The minimum Gasteiger partial charge on any atom is -0.309 e. The van der Waals surface area contributed by atoms with Crippen molar-refractivity contribution < 1.29 is 0 Å². The smallest absolute Gasteiger partial charge is 0.265 e. The number of nitrogens with one attached hydrogen (secondary N) is 1. The molecule has 3 nitrogen and oxygen atoms in total. The number of aryl methyl sites for hydroxylation is 1. The lowest BCUT2D eigenvalue weighted by atomic mass is 10.1. The number of aromatic amines is 1. The monoisotopic (exact) mass is 384 g/mol. The van der Waals surface area contributed by atoms with E-state index >= 15 is 0 Å². The lowest BCUT2D eigenvalue weighted by molar-refractivity contribution is 0.822. The molecule has 0 fully saturated rings. The van der Waals surface area contributed by atoms with Gasteiger partial charge in [-0.3, -0.25) is 4.79 Å². The SMILES string of the molecule is CCCc1nc(Cc2ccccc2Br)[nH]c(=O)c1Br. The van der Waals surface area contributed by atoms with Gasteiger partial charge < -0.3 is 4.98 Å². The van der Waals surface area contributed by atoms with Gasteiger partial charge in [-0.1, -0.05) is 47.5 Å². The van der Waals surface area contributed by atoms with Crippen molar-refractivity contribution in [2.45, 2.75) is 26.2 Å². The van der Waals surface area contributed by atoms with E-state index in [2.05, 4.69) is 48.8 Å². The zero-order chi connectivity index (χ0) is 13.8. The van der Waals surface area contributed by atoms with Gasteiger partial charge in [0.1, 0.15) is 10.3 Å². The predicted octanol–water partition coefficient (Wildman–Crippen LogP) is 3.84. The highest BCUT2D eigenvalue weighted by atomic mass is 79.9. The van der Waals surface area contributed by atoms with Crippen LogP contribution in [-0.4, -0.2) is 9.97 Å². The van der Waals surface area contributed by atoms with Crippen molar-refractivity contribution in [1.82, 2.24) is 9.97 Å². The van der Waals surface area contributed by atoms with E-state index in [4.69, 9.17) is 0 Å². The Kier molecular flexibility index (Phi) is 4.93. The number of H-pyrrole nitrogens is 1. The maximum atomic E-state index is 11.9. The number of hydrogen-bond donors (Lipinski definition) is 1. The maximum Gasteiger partial charge on any atom is 0.265 e. The van der Waals surface area contributed by atoms with Crippen LogP contribution in [0.3, 0.4) is 0 Å². The van der Waals surface area contributed by atoms with Crippen molar-refractivity contribution >= 4 is 31.9 Å². The zero-order valence-electron chi connectivity index (χ0n) is 10.5. The van der Waals surface area contributed by atoms with E-state index in [9.17, 15) is 4.79 Å². The highest BCUT2D eigenvalue weighted by Gasteiger charge is 2.09. The number of aromatic nitrogens is 2. The Morgan fingerprint density at radius 3 is 2.68 bits per heavy atom. The van der Waals surface area contributed by atoms with Gasteiger partial charge in [0.25, 0.3) is 5.56 Å². The van der Waals surface area contributed by atoms with Crippen LogP contribution in [0.25, 0.3) is 0 Å². The average molecular weight is 386 g/mol. The van der Waals surface area contributed by atoms with Crippen molar-refractivity contribution in [2.75, 3.05) is 0 Å². The minimum absolute atomic E-state index is 0.111. The Hall–Kier alpha value is -0.940. The molecule has 19 heavy (non-hydrogen) atoms. The van der Waals surface area contributed by atoms with Crippen LogP contribution in [0, 0.1) is 0 Å². The standard InChI is InChI=1S/C14H14Br2N2O/c1-2-5-11-13(16)14(19)18-12(17-11)8-9-6-3-4-7-10(9)15/h3-4,6-7H,2,5,8H2,1H3,(H,17,18,19). The van der Waals surface area contributed by atoms with E-state index in [0.29, 0.717) is 16.7 Å². The van der Waals surface area contributed by atoms with Gasteiger partial charge in [0.2, 0.25) is 0 Å². The fourth-order valence-electron chi connectivity index (χ4n) is 1.87. The average Bonchev–Trinajstić information content (AvgIpc) is 2.38. The second-order valence-electron chi connectivity index (χ2n) is 4.29. The van der Waals surface area contributed by atoms with Gasteiger partial charge in [0.05, 0.1) is 5.69 Å². The molecule has 0 amide bonds. The van der Waals surface area contributed by atoms with E-state index in [1.807, 2.05) is 24.3 Å². The van der Waals surface area contributed by atoms with Crippen LogP contribution in [-0.2, 0) is 12.8 Å². The second kappa shape index (κ2) is 6.48. The van der Waals surface area contributed by atoms with Crippen LogP contribution in [0.2, 0.25) is 0 Å². The summed E-state index contributed by atoms with van der Waals surface area (Å²) in [6, 6.07) is 7.95. The van der Waals surface area contributed by atoms with Gasteiger partial charge in [0.15, 0.2) is 0 Å². The summed E-state index contributed by atoms with van der Waals surface area (Å²) in [6.07, 6.45) is 2.37. The number of rotatable bonds is 4. The van der Waals surface area contributed by atoms with Gasteiger partial charge in [-0.2, -0.15) is 0 Å². The summed E-state index contributed by atoms with van der Waals surface area (Å²) in [6.45, 7) is 2.07. The van der Waals surface area contributed by atoms with Crippen LogP contribution in [0.1, 0.15) is 30.4 Å². The molecule has 1 aromatic heterocycles. The fraction of sp³-hybridized carbons (Fsp3) is 0.286. The molecule has 2 aromatic rings. The van der Waals surface area contributed by atoms with Crippen LogP contribution in [0.4, 0.5) is 0 Å². The molecule has 0 saturated carbocycles. The minimum atomic E-state index is -0.111. The fourth-order valence-corrected chi connectivity index (χ4v) is 2.68. The Morgan fingerprint density at radius 2 is 2.00 bits per heavy atom. The number of nitrogens with zero attached hydrogens (tertiary/aromatic N) is 1. The second-order valence-corrected chi connectivity index (χ2v) is 5.94. The van der Waals surface area contributed by atoms with Gasteiger partial charge in [-0.15, -0.1) is 0 Å². The molecule has 2 rings (SSSR count). The molecule has 5 heteroatoms. The van der Waals surface area contributed by atoms with Crippen LogP contribution in [0.15, 0.2) is 38.0 Å². The third-order valence-electron chi connectivity index (χ3n) is 2.78. The first-order chi connectivity index (χ1) is 9.11. The molecule has 0 aliphatic carbocycles. The number of hydrogen-bond acceptors (Lipinski definition) is 2. The highest BCUT2D eigenvalue weighted by Crippen LogP contribution is 2.19. The predicted molar refractivity (Wildman–Crippen MR) is 83.5 cm³/mol. The Balaban J connectivity index is 2.36. The maximum absolute atomic E-state index is 11.9. The van der Waals surface area contributed by atoms with Crippen LogP contribution >= 0.6 is 31.9 Å². The van der Waals surface area contributed by atoms with Gasteiger partial charge in [-0.25, -0.2) is 4.98 Å². The number of halogens is 2. The molecule has 0 aliphatic rings. The molecule has 0 atom stereocenters. The van der Waals surface area contributed by atoms with E-state index in [1.54, 1.807) is 0 Å². The molecule has 1 N–H and O–H groups in total. The molecule has 0 unspecified atom stereocenters. The summed E-state index contributed by atoms with van der Waals surface area (Å²) >= 11 is 6.81. The van der Waals surface area contributed by atoms with Gasteiger partial charge >= 0.3 is 0 Å². The molecule has 0 radical (unpaired) electrons. The van der Waals surface area contributed by atoms with Crippen molar-refractivity contribution in [2.24, 2.45) is 0 Å². The molecule has 0 saturated heterocycles. The molecular weight excluding hydrogens is 372 g/mol. The molecule has 0 spiro atoms. The van der Waals surface area contributed by atoms with Crippen molar-refractivity contribution in [3.05, 3.63) is 60.6 Å². The molecular formula is C14H14Br2N2O. The van der Waals surface area contributed by atoms with E-state index < -0.39 is 0 Å². The lowest BCUT2D eigenvalue weighted by Gasteiger charge is -2.07. The van der Waals surface area contributed by atoms with E-state index in [-0.39, 0.29) is 5.56 Å². The highest BCUT2D eigenvalue weighted by molar-refractivity contribution is 9.10. The quantitative estimate of drug-likeness (QED) is 0.868. The Morgan fingerprint density at radius 1 is 1.26 bits per heavy atom. The van der Waals surface area contributed by atoms with Crippen molar-refractivity contribution in [1.29, 1.82) is 0 Å². The summed E-state index contributed by atoms with van der Waals surface area (Å²) in [4.78, 5) is 19.2. The first-order valence-corrected chi connectivity index (χ1v) is 7.71. The molecule has 0 aliphatic heterocycles. The first kappa shape index (κ1) is 14.5. The van der Waals surface area contributed by atoms with E-state index in [0.717, 1.165) is 28.6 Å². The van der Waals surface area contributed by atoms with Gasteiger partial charge in [0, 0.05) is 10.9 Å². The zero-order valence-corrected chi connectivity index (χ0v) is 13.7. The Labute approximate surface area is 128 Å². The van der Waals surface area contributed by atoms with Gasteiger partial charge in [-0.05, 0) is 34.0 Å². The topological polar surface area (TPSA) is 45.8 Å². The van der Waals surface area contributed by atoms with Crippen molar-refractivity contribution in [3.63, 3.8) is 0 Å². The summed E-state index contributed by atoms with van der Waals surface area (Å²) < 4.78 is 1.57. The molecule has 0 bridgehead atoms. The largest absolute Gasteiger partial charge is 0.309 e. The summed E-state index contributed by atoms with van der Waals surface area (Å²) in [7, 11) is 0. The summed E-state index contributed by atoms with van der Waals surface area (Å²) in [5.41, 5.74) is 1.82. The Bertz CT molecular complexity index is 638. The van der Waals surface area contributed by atoms with Crippen LogP contribution < -0.4 is 5.56 Å².